The van der Waals surface area contributed by atoms with Crippen LogP contribution < -0.4 is 4.74 Å². The van der Waals surface area contributed by atoms with E-state index in [4.69, 9.17) is 9.47 Å². The molecule has 0 bridgehead atoms. The average Bonchev–Trinajstić information content (AvgIpc) is 2.53. The van der Waals surface area contributed by atoms with Crippen molar-refractivity contribution in [1.29, 1.82) is 0 Å². The van der Waals surface area contributed by atoms with Gasteiger partial charge in [-0.2, -0.15) is 0 Å². The van der Waals surface area contributed by atoms with Crippen molar-refractivity contribution < 1.29 is 24.2 Å². The molecule has 2 atom stereocenters. The summed E-state index contributed by atoms with van der Waals surface area (Å²) in [4.78, 5) is 25.2. The summed E-state index contributed by atoms with van der Waals surface area (Å²) in [5, 5.41) is 9.24. The van der Waals surface area contributed by atoms with Crippen molar-refractivity contribution >= 4 is 11.9 Å². The Hall–Kier alpha value is -2.08. The molecule has 2 rings (SSSR count). The Morgan fingerprint density at radius 2 is 2.08 bits per heavy atom. The van der Waals surface area contributed by atoms with Crippen LogP contribution in [0.25, 0.3) is 0 Å². The van der Waals surface area contributed by atoms with Crippen molar-refractivity contribution in [3.63, 3.8) is 0 Å². The lowest BCUT2D eigenvalue weighted by Gasteiger charge is -2.34. The number of benzene rings is 1. The van der Waals surface area contributed by atoms with Crippen LogP contribution in [0.1, 0.15) is 33.3 Å². The Kier molecular flexibility index (Phi) is 5.49. The molecule has 1 aromatic rings. The fourth-order valence-corrected chi connectivity index (χ4v) is 2.60. The maximum atomic E-state index is 12.6. The predicted molar refractivity (Wildman–Crippen MR) is 89.2 cm³/mol. The Balaban J connectivity index is 2.10. The van der Waals surface area contributed by atoms with Crippen LogP contribution in [0.4, 0.5) is 0 Å². The Morgan fingerprint density at radius 3 is 2.71 bits per heavy atom. The van der Waals surface area contributed by atoms with Gasteiger partial charge in [0.15, 0.2) is 12.1 Å². The molecule has 0 spiro atoms. The first kappa shape index (κ1) is 18.3. The predicted octanol–water partition coefficient (Wildman–Crippen LogP) is 2.06. The van der Waals surface area contributed by atoms with Crippen LogP contribution in [0.5, 0.6) is 5.75 Å². The zero-order chi connectivity index (χ0) is 17.9. The van der Waals surface area contributed by atoms with Gasteiger partial charge < -0.3 is 19.5 Å². The zero-order valence-electron chi connectivity index (χ0n) is 14.6. The van der Waals surface area contributed by atoms with Crippen molar-refractivity contribution in [3.8, 4) is 5.75 Å². The quantitative estimate of drug-likeness (QED) is 0.911. The monoisotopic (exact) mass is 335 g/mol. The van der Waals surface area contributed by atoms with Gasteiger partial charge in [-0.1, -0.05) is 32.9 Å². The van der Waals surface area contributed by atoms with Crippen LogP contribution in [0.3, 0.4) is 0 Å². The highest BCUT2D eigenvalue weighted by atomic mass is 16.5. The number of aliphatic carboxylic acids is 1. The molecule has 1 aliphatic rings. The molecule has 0 aromatic heterocycles. The molecule has 1 fully saturated rings. The van der Waals surface area contributed by atoms with E-state index < -0.39 is 18.1 Å². The second-order valence-electron chi connectivity index (χ2n) is 7.00. The molecule has 1 amide bonds. The summed E-state index contributed by atoms with van der Waals surface area (Å²) in [6.07, 6.45) is -0.764. The van der Waals surface area contributed by atoms with Crippen molar-refractivity contribution in [2.45, 2.75) is 45.3 Å². The highest BCUT2D eigenvalue weighted by molar-refractivity contribution is 5.86. The van der Waals surface area contributed by atoms with E-state index in [1.54, 1.807) is 13.0 Å². The van der Waals surface area contributed by atoms with Gasteiger partial charge in [-0.25, -0.2) is 4.79 Å². The number of hydrogen-bond donors (Lipinski definition) is 1. The third-order valence-electron chi connectivity index (χ3n) is 4.06. The van der Waals surface area contributed by atoms with E-state index in [2.05, 4.69) is 20.8 Å². The number of carboxylic acids is 1. The molecule has 6 heteroatoms. The van der Waals surface area contributed by atoms with Gasteiger partial charge in [0, 0.05) is 6.54 Å². The molecule has 0 radical (unpaired) electrons. The average molecular weight is 335 g/mol. The van der Waals surface area contributed by atoms with Gasteiger partial charge >= 0.3 is 5.97 Å². The highest BCUT2D eigenvalue weighted by Crippen LogP contribution is 2.26. The summed E-state index contributed by atoms with van der Waals surface area (Å²) < 4.78 is 10.9. The molecule has 1 saturated heterocycles. The Morgan fingerprint density at radius 1 is 1.38 bits per heavy atom. The maximum Gasteiger partial charge on any atom is 0.328 e. The lowest BCUT2D eigenvalue weighted by Crippen LogP contribution is -2.55. The number of carbonyl (C=O) groups excluding carboxylic acids is 1. The van der Waals surface area contributed by atoms with Gasteiger partial charge in [0.25, 0.3) is 5.91 Å². The van der Waals surface area contributed by atoms with Gasteiger partial charge in [-0.3, -0.25) is 4.79 Å². The summed E-state index contributed by atoms with van der Waals surface area (Å²) in [5.74, 6) is -0.805. The molecular formula is C18H25NO5. The first-order chi connectivity index (χ1) is 11.2. The number of hydrogen-bond acceptors (Lipinski definition) is 4. The Bertz CT molecular complexity index is 608. The number of amides is 1. The first-order valence-electron chi connectivity index (χ1n) is 8.08. The fourth-order valence-electron chi connectivity index (χ4n) is 2.60. The van der Waals surface area contributed by atoms with Gasteiger partial charge in [0.2, 0.25) is 0 Å². The molecular weight excluding hydrogens is 310 g/mol. The molecule has 6 nitrogen and oxygen atoms in total. The van der Waals surface area contributed by atoms with E-state index in [1.165, 1.54) is 4.90 Å². The summed E-state index contributed by atoms with van der Waals surface area (Å²) in [7, 11) is 0. The molecule has 0 aliphatic carbocycles. The lowest BCUT2D eigenvalue weighted by atomic mass is 9.87. The summed E-state index contributed by atoms with van der Waals surface area (Å²) in [6.45, 7) is 8.55. The van der Waals surface area contributed by atoms with Crippen molar-refractivity contribution in [1.82, 2.24) is 4.90 Å². The topological polar surface area (TPSA) is 76.1 Å². The summed E-state index contributed by atoms with van der Waals surface area (Å²) in [5.41, 5.74) is 1.08. The first-order valence-corrected chi connectivity index (χ1v) is 8.08. The van der Waals surface area contributed by atoms with E-state index in [-0.39, 0.29) is 24.5 Å². The minimum Gasteiger partial charge on any atom is -0.481 e. The molecule has 1 aromatic carbocycles. The van der Waals surface area contributed by atoms with Gasteiger partial charge in [0.1, 0.15) is 5.75 Å². The van der Waals surface area contributed by atoms with E-state index in [9.17, 15) is 14.7 Å². The van der Waals surface area contributed by atoms with Gasteiger partial charge in [-0.15, -0.1) is 0 Å². The number of carbonyl (C=O) groups is 2. The minimum absolute atomic E-state index is 0.00724. The van der Waals surface area contributed by atoms with Crippen molar-refractivity contribution in [3.05, 3.63) is 29.8 Å². The van der Waals surface area contributed by atoms with E-state index in [0.29, 0.717) is 12.4 Å². The highest BCUT2D eigenvalue weighted by Gasteiger charge is 2.35. The van der Waals surface area contributed by atoms with Crippen LogP contribution >= 0.6 is 0 Å². The Labute approximate surface area is 142 Å². The molecule has 24 heavy (non-hydrogen) atoms. The number of carboxylic acid groups (broad SMARTS) is 1. The lowest BCUT2D eigenvalue weighted by molar-refractivity contribution is -0.161. The molecule has 1 heterocycles. The normalized spacial score (nSPS) is 19.7. The molecule has 1 aliphatic heterocycles. The zero-order valence-corrected chi connectivity index (χ0v) is 14.6. The number of ether oxygens (including phenoxy) is 2. The van der Waals surface area contributed by atoms with Crippen molar-refractivity contribution in [2.24, 2.45) is 0 Å². The van der Waals surface area contributed by atoms with Crippen LogP contribution in [-0.2, 0) is 19.7 Å². The fraction of sp³-hybridized carbons (Fsp3) is 0.556. The SMILES string of the molecule is CC(Oc1cccc(C(C)(C)C)c1)C(=O)N1CCOCC1C(=O)O. The van der Waals surface area contributed by atoms with Gasteiger partial charge in [0.05, 0.1) is 13.2 Å². The molecule has 0 saturated carbocycles. The second kappa shape index (κ2) is 7.21. The third-order valence-corrected chi connectivity index (χ3v) is 4.06. The van der Waals surface area contributed by atoms with Crippen molar-refractivity contribution in [2.75, 3.05) is 19.8 Å². The van der Waals surface area contributed by atoms with E-state index in [1.807, 2.05) is 18.2 Å². The number of morpholine rings is 1. The number of rotatable bonds is 4. The van der Waals surface area contributed by atoms with Crippen LogP contribution in [0.2, 0.25) is 0 Å². The smallest absolute Gasteiger partial charge is 0.328 e. The molecule has 132 valence electrons. The van der Waals surface area contributed by atoms with Crippen LogP contribution in [0.15, 0.2) is 24.3 Å². The summed E-state index contributed by atoms with van der Waals surface area (Å²) >= 11 is 0. The molecule has 1 N–H and O–H groups in total. The standard InChI is InChI=1S/C18H25NO5/c1-12(16(20)19-8-9-23-11-15(19)17(21)22)24-14-7-5-6-13(10-14)18(2,3)4/h5-7,10,12,15H,8-9,11H2,1-4H3,(H,21,22). The minimum atomic E-state index is -1.06. The number of nitrogens with zero attached hydrogens (tertiary/aromatic N) is 1. The van der Waals surface area contributed by atoms with Crippen LogP contribution in [0, 0.1) is 0 Å². The maximum absolute atomic E-state index is 12.6. The second-order valence-corrected chi connectivity index (χ2v) is 7.00. The van der Waals surface area contributed by atoms with Gasteiger partial charge in [-0.05, 0) is 30.0 Å². The summed E-state index contributed by atoms with van der Waals surface area (Å²) in [6, 6.07) is 6.66. The largest absolute Gasteiger partial charge is 0.481 e. The van der Waals surface area contributed by atoms with E-state index in [0.717, 1.165) is 5.56 Å². The third kappa shape index (κ3) is 4.26. The van der Waals surface area contributed by atoms with Crippen LogP contribution in [-0.4, -0.2) is 53.8 Å². The van der Waals surface area contributed by atoms with E-state index >= 15 is 0 Å². The molecule has 2 unspecified atom stereocenters.